The molecule has 0 saturated carbocycles. The van der Waals surface area contributed by atoms with Gasteiger partial charge in [0.05, 0.1) is 0 Å². The first kappa shape index (κ1) is 10.6. The summed E-state index contributed by atoms with van der Waals surface area (Å²) in [7, 11) is 0. The lowest BCUT2D eigenvalue weighted by Gasteiger charge is -2.05. The number of rotatable bonds is 6. The number of ether oxygens (including phenoxy) is 1. The molecular weight excluding hydrogens is 178 g/mol. The molecule has 0 spiro atoms. The van der Waals surface area contributed by atoms with E-state index in [9.17, 15) is 4.79 Å². The van der Waals surface area contributed by atoms with Gasteiger partial charge < -0.3 is 10.1 Å². The molecule has 0 aromatic heterocycles. The molecule has 0 atom stereocenters. The van der Waals surface area contributed by atoms with Crippen LogP contribution in [0.2, 0.25) is 0 Å². The van der Waals surface area contributed by atoms with Crippen LogP contribution >= 0.6 is 0 Å². The Labute approximate surface area is 84.1 Å². The molecule has 0 fully saturated rings. The number of carbonyl (C=O) groups is 1. The molecule has 1 aromatic rings. The molecular formula is C11H15NO2. The molecule has 1 N–H and O–H groups in total. The highest BCUT2D eigenvalue weighted by molar-refractivity contribution is 5.44. The number of carbonyl (C=O) groups excluding carboxylic acids is 1. The van der Waals surface area contributed by atoms with Crippen LogP contribution in [0.4, 0.5) is 5.69 Å². The van der Waals surface area contributed by atoms with Crippen LogP contribution in [0.5, 0.6) is 0 Å². The zero-order valence-electron chi connectivity index (χ0n) is 8.32. The molecule has 0 amide bonds. The second-order valence-corrected chi connectivity index (χ2v) is 3.03. The van der Waals surface area contributed by atoms with Crippen LogP contribution < -0.4 is 5.32 Å². The summed E-state index contributed by atoms with van der Waals surface area (Å²) in [6.45, 7) is 3.91. The van der Waals surface area contributed by atoms with Gasteiger partial charge in [0.1, 0.15) is 6.61 Å². The van der Waals surface area contributed by atoms with E-state index in [-0.39, 0.29) is 0 Å². The highest BCUT2D eigenvalue weighted by atomic mass is 16.5. The molecule has 0 aliphatic carbocycles. The van der Waals surface area contributed by atoms with Gasteiger partial charge in [0.2, 0.25) is 0 Å². The lowest BCUT2D eigenvalue weighted by molar-refractivity contribution is -0.129. The quantitative estimate of drug-likeness (QED) is 0.704. The van der Waals surface area contributed by atoms with Gasteiger partial charge in [-0.25, -0.2) is 0 Å². The van der Waals surface area contributed by atoms with Crippen molar-refractivity contribution in [3.05, 3.63) is 29.8 Å². The lowest BCUT2D eigenvalue weighted by Crippen LogP contribution is -1.99. The highest BCUT2D eigenvalue weighted by Crippen LogP contribution is 2.09. The first-order valence-electron chi connectivity index (χ1n) is 4.75. The zero-order chi connectivity index (χ0) is 10.2. The van der Waals surface area contributed by atoms with Crippen molar-refractivity contribution in [2.75, 3.05) is 11.9 Å². The van der Waals surface area contributed by atoms with E-state index in [0.717, 1.165) is 24.2 Å². The summed E-state index contributed by atoms with van der Waals surface area (Å²) < 4.78 is 4.64. The summed E-state index contributed by atoms with van der Waals surface area (Å²) in [6, 6.07) is 7.86. The molecule has 0 saturated heterocycles. The van der Waals surface area contributed by atoms with Gasteiger partial charge in [-0.3, -0.25) is 4.79 Å². The summed E-state index contributed by atoms with van der Waals surface area (Å²) in [5, 5.41) is 3.27. The van der Waals surface area contributed by atoms with E-state index in [2.05, 4.69) is 17.0 Å². The van der Waals surface area contributed by atoms with Crippen molar-refractivity contribution in [1.29, 1.82) is 0 Å². The van der Waals surface area contributed by atoms with Crippen molar-refractivity contribution in [2.24, 2.45) is 0 Å². The minimum Gasteiger partial charge on any atom is -0.463 e. The van der Waals surface area contributed by atoms with Crippen molar-refractivity contribution in [2.45, 2.75) is 20.0 Å². The minimum absolute atomic E-state index is 0.345. The third kappa shape index (κ3) is 3.47. The summed E-state index contributed by atoms with van der Waals surface area (Å²) in [4.78, 5) is 9.95. The average Bonchev–Trinajstić information content (AvgIpc) is 2.25. The molecule has 1 rings (SSSR count). The number of nitrogens with one attached hydrogen (secondary N) is 1. The molecule has 0 radical (unpaired) electrons. The third-order valence-electron chi connectivity index (χ3n) is 1.85. The molecule has 3 heteroatoms. The van der Waals surface area contributed by atoms with E-state index in [1.54, 1.807) is 0 Å². The Bertz CT molecular complexity index is 269. The van der Waals surface area contributed by atoms with Gasteiger partial charge in [0.25, 0.3) is 6.47 Å². The van der Waals surface area contributed by atoms with Gasteiger partial charge in [0.15, 0.2) is 0 Å². The predicted molar refractivity (Wildman–Crippen MR) is 56.1 cm³/mol. The summed E-state index contributed by atoms with van der Waals surface area (Å²) in [5.41, 5.74) is 2.10. The van der Waals surface area contributed by atoms with Crippen molar-refractivity contribution in [3.8, 4) is 0 Å². The minimum atomic E-state index is 0.345. The molecule has 14 heavy (non-hydrogen) atoms. The average molecular weight is 193 g/mol. The largest absolute Gasteiger partial charge is 0.463 e. The predicted octanol–water partition coefficient (Wildman–Crippen LogP) is 2.18. The Morgan fingerprint density at radius 1 is 1.36 bits per heavy atom. The Morgan fingerprint density at radius 2 is 2.07 bits per heavy atom. The smallest absolute Gasteiger partial charge is 0.293 e. The zero-order valence-corrected chi connectivity index (χ0v) is 8.32. The van der Waals surface area contributed by atoms with Crippen molar-refractivity contribution in [1.82, 2.24) is 0 Å². The Hall–Kier alpha value is -1.51. The topological polar surface area (TPSA) is 38.3 Å². The van der Waals surface area contributed by atoms with E-state index in [1.165, 1.54) is 0 Å². The third-order valence-corrected chi connectivity index (χ3v) is 1.85. The van der Waals surface area contributed by atoms with Crippen LogP contribution in [0.15, 0.2) is 24.3 Å². The number of benzene rings is 1. The van der Waals surface area contributed by atoms with Gasteiger partial charge in [-0.1, -0.05) is 19.1 Å². The SMILES string of the molecule is CCCNc1ccc(COC=O)cc1. The van der Waals surface area contributed by atoms with E-state index in [1.807, 2.05) is 24.3 Å². The second-order valence-electron chi connectivity index (χ2n) is 3.03. The fraction of sp³-hybridized carbons (Fsp3) is 0.364. The highest BCUT2D eigenvalue weighted by Gasteiger charge is 1.93. The molecule has 0 unspecified atom stereocenters. The van der Waals surface area contributed by atoms with Crippen LogP contribution in [-0.4, -0.2) is 13.0 Å². The van der Waals surface area contributed by atoms with E-state index < -0.39 is 0 Å². The van der Waals surface area contributed by atoms with Crippen LogP contribution in [0.3, 0.4) is 0 Å². The molecule has 0 heterocycles. The molecule has 0 aliphatic rings. The van der Waals surface area contributed by atoms with Crippen LogP contribution in [0.25, 0.3) is 0 Å². The van der Waals surface area contributed by atoms with Crippen LogP contribution in [0, 0.1) is 0 Å². The van der Waals surface area contributed by atoms with Crippen LogP contribution in [-0.2, 0) is 16.1 Å². The second kappa shape index (κ2) is 6.02. The first-order chi connectivity index (χ1) is 6.86. The van der Waals surface area contributed by atoms with Gasteiger partial charge >= 0.3 is 0 Å². The molecule has 1 aromatic carbocycles. The maximum Gasteiger partial charge on any atom is 0.293 e. The lowest BCUT2D eigenvalue weighted by atomic mass is 10.2. The normalized spacial score (nSPS) is 9.50. The maximum atomic E-state index is 9.95. The van der Waals surface area contributed by atoms with Gasteiger partial charge in [0, 0.05) is 12.2 Å². The first-order valence-corrected chi connectivity index (χ1v) is 4.75. The summed E-state index contributed by atoms with van der Waals surface area (Å²) in [5.74, 6) is 0. The summed E-state index contributed by atoms with van der Waals surface area (Å²) in [6.07, 6.45) is 1.11. The van der Waals surface area contributed by atoms with E-state index in [4.69, 9.17) is 0 Å². The van der Waals surface area contributed by atoms with E-state index in [0.29, 0.717) is 13.1 Å². The molecule has 0 bridgehead atoms. The van der Waals surface area contributed by atoms with Gasteiger partial charge in [-0.15, -0.1) is 0 Å². The standard InChI is InChI=1S/C11H15NO2/c1-2-7-12-11-5-3-10(4-6-11)8-14-9-13/h3-6,9,12H,2,7-8H2,1H3. The number of hydrogen-bond acceptors (Lipinski definition) is 3. The van der Waals surface area contributed by atoms with Crippen LogP contribution in [0.1, 0.15) is 18.9 Å². The fourth-order valence-corrected chi connectivity index (χ4v) is 1.12. The van der Waals surface area contributed by atoms with Crippen molar-refractivity contribution in [3.63, 3.8) is 0 Å². The summed E-state index contributed by atoms with van der Waals surface area (Å²) >= 11 is 0. The Kier molecular flexibility index (Phi) is 4.55. The van der Waals surface area contributed by atoms with E-state index >= 15 is 0 Å². The van der Waals surface area contributed by atoms with Gasteiger partial charge in [-0.05, 0) is 24.1 Å². The molecule has 76 valence electrons. The van der Waals surface area contributed by atoms with Gasteiger partial charge in [-0.2, -0.15) is 0 Å². The monoisotopic (exact) mass is 193 g/mol. The molecule has 3 nitrogen and oxygen atoms in total. The molecule has 0 aliphatic heterocycles. The Morgan fingerprint density at radius 3 is 2.64 bits per heavy atom. The Balaban J connectivity index is 2.46. The van der Waals surface area contributed by atoms with Crippen molar-refractivity contribution >= 4 is 12.2 Å². The maximum absolute atomic E-state index is 9.95. The van der Waals surface area contributed by atoms with Crippen molar-refractivity contribution < 1.29 is 9.53 Å². The fourth-order valence-electron chi connectivity index (χ4n) is 1.12. The number of anilines is 1. The number of hydrogen-bond donors (Lipinski definition) is 1.